The summed E-state index contributed by atoms with van der Waals surface area (Å²) in [5.41, 5.74) is 1.20. The molecule has 0 aromatic carbocycles. The van der Waals surface area contributed by atoms with E-state index in [2.05, 4.69) is 37.9 Å². The van der Waals surface area contributed by atoms with Crippen molar-refractivity contribution in [2.24, 2.45) is 5.92 Å². The zero-order valence-electron chi connectivity index (χ0n) is 13.4. The van der Waals surface area contributed by atoms with Gasteiger partial charge in [-0.2, -0.15) is 0 Å². The normalized spacial score (nSPS) is 18.5. The van der Waals surface area contributed by atoms with Gasteiger partial charge in [-0.05, 0) is 39.2 Å². The Hall–Kier alpha value is -0.610. The molecule has 1 N–H and O–H groups in total. The van der Waals surface area contributed by atoms with E-state index in [-0.39, 0.29) is 0 Å². The molecule has 0 saturated carbocycles. The molecule has 0 spiro atoms. The van der Waals surface area contributed by atoms with Gasteiger partial charge in [0.05, 0.1) is 5.69 Å². The Labute approximate surface area is 127 Å². The average molecular weight is 295 g/mol. The summed E-state index contributed by atoms with van der Waals surface area (Å²) in [5.74, 6) is 0.942. The standard InChI is InChI=1S/C16H29N3S/c1-5-7-14-8-10-19(11-9-14)16-18-13(4)15(20-16)12(3)17-6-2/h12,14,17H,5-11H2,1-4H3. The summed E-state index contributed by atoms with van der Waals surface area (Å²) in [6.45, 7) is 12.2. The number of thiazole rings is 1. The number of hydrogen-bond acceptors (Lipinski definition) is 4. The number of piperidine rings is 1. The van der Waals surface area contributed by atoms with Crippen molar-refractivity contribution in [3.8, 4) is 0 Å². The highest BCUT2D eigenvalue weighted by Crippen LogP contribution is 2.33. The van der Waals surface area contributed by atoms with Crippen molar-refractivity contribution in [1.82, 2.24) is 10.3 Å². The maximum Gasteiger partial charge on any atom is 0.185 e. The Morgan fingerprint density at radius 3 is 2.65 bits per heavy atom. The van der Waals surface area contributed by atoms with Gasteiger partial charge in [0.1, 0.15) is 0 Å². The highest BCUT2D eigenvalue weighted by atomic mass is 32.1. The first kappa shape index (κ1) is 15.8. The van der Waals surface area contributed by atoms with Gasteiger partial charge in [0.25, 0.3) is 0 Å². The molecule has 3 nitrogen and oxygen atoms in total. The smallest absolute Gasteiger partial charge is 0.185 e. The second-order valence-corrected chi connectivity index (χ2v) is 6.95. The van der Waals surface area contributed by atoms with E-state index in [4.69, 9.17) is 4.98 Å². The summed E-state index contributed by atoms with van der Waals surface area (Å²) in [7, 11) is 0. The number of nitrogens with one attached hydrogen (secondary N) is 1. The van der Waals surface area contributed by atoms with E-state index in [1.807, 2.05) is 11.3 Å². The van der Waals surface area contributed by atoms with Crippen molar-refractivity contribution in [3.63, 3.8) is 0 Å². The van der Waals surface area contributed by atoms with Gasteiger partial charge in [0, 0.05) is 24.0 Å². The van der Waals surface area contributed by atoms with Gasteiger partial charge < -0.3 is 10.2 Å². The lowest BCUT2D eigenvalue weighted by atomic mass is 9.93. The van der Waals surface area contributed by atoms with E-state index in [1.54, 1.807) is 0 Å². The van der Waals surface area contributed by atoms with Gasteiger partial charge in [0.15, 0.2) is 5.13 Å². The van der Waals surface area contributed by atoms with Crippen molar-refractivity contribution in [3.05, 3.63) is 10.6 Å². The monoisotopic (exact) mass is 295 g/mol. The van der Waals surface area contributed by atoms with E-state index < -0.39 is 0 Å². The lowest BCUT2D eigenvalue weighted by molar-refractivity contribution is 0.378. The predicted molar refractivity (Wildman–Crippen MR) is 88.8 cm³/mol. The van der Waals surface area contributed by atoms with Crippen molar-refractivity contribution in [1.29, 1.82) is 0 Å². The SMILES string of the molecule is CCCC1CCN(c2nc(C)c(C(C)NCC)s2)CC1. The van der Waals surface area contributed by atoms with Crippen LogP contribution < -0.4 is 10.2 Å². The fourth-order valence-corrected chi connectivity index (χ4v) is 4.30. The van der Waals surface area contributed by atoms with Crippen LogP contribution in [0.15, 0.2) is 0 Å². The third-order valence-electron chi connectivity index (χ3n) is 4.31. The minimum absolute atomic E-state index is 0.420. The molecular formula is C16H29N3S. The van der Waals surface area contributed by atoms with Gasteiger partial charge >= 0.3 is 0 Å². The molecule has 1 unspecified atom stereocenters. The first-order valence-corrected chi connectivity index (χ1v) is 8.93. The molecular weight excluding hydrogens is 266 g/mol. The summed E-state index contributed by atoms with van der Waals surface area (Å²) in [5, 5.41) is 4.73. The number of hydrogen-bond donors (Lipinski definition) is 1. The lowest BCUT2D eigenvalue weighted by Crippen LogP contribution is -2.33. The van der Waals surface area contributed by atoms with Crippen LogP contribution in [0.5, 0.6) is 0 Å². The molecule has 4 heteroatoms. The minimum Gasteiger partial charge on any atom is -0.348 e. The Bertz CT molecular complexity index is 408. The molecule has 1 aromatic heterocycles. The van der Waals surface area contributed by atoms with Crippen LogP contribution in [0.3, 0.4) is 0 Å². The fraction of sp³-hybridized carbons (Fsp3) is 0.812. The van der Waals surface area contributed by atoms with Crippen LogP contribution in [-0.2, 0) is 0 Å². The van der Waals surface area contributed by atoms with Crippen molar-refractivity contribution >= 4 is 16.5 Å². The zero-order valence-corrected chi connectivity index (χ0v) is 14.2. The second-order valence-electron chi connectivity index (χ2n) is 5.94. The van der Waals surface area contributed by atoms with Crippen LogP contribution in [0.1, 0.15) is 63.1 Å². The van der Waals surface area contributed by atoms with Crippen LogP contribution in [0.2, 0.25) is 0 Å². The molecule has 0 radical (unpaired) electrons. The van der Waals surface area contributed by atoms with E-state index in [0.717, 1.165) is 12.5 Å². The summed E-state index contributed by atoms with van der Waals surface area (Å²) in [4.78, 5) is 8.71. The van der Waals surface area contributed by atoms with E-state index >= 15 is 0 Å². The highest BCUT2D eigenvalue weighted by Gasteiger charge is 2.22. The minimum atomic E-state index is 0.420. The number of rotatable bonds is 6. The molecule has 1 fully saturated rings. The molecule has 1 saturated heterocycles. The zero-order chi connectivity index (χ0) is 14.5. The quantitative estimate of drug-likeness (QED) is 0.855. The molecule has 0 bridgehead atoms. The molecule has 2 rings (SSSR count). The van der Waals surface area contributed by atoms with Crippen LogP contribution >= 0.6 is 11.3 Å². The largest absolute Gasteiger partial charge is 0.348 e. The molecule has 1 aliphatic rings. The van der Waals surface area contributed by atoms with Crippen molar-refractivity contribution in [2.45, 2.75) is 59.4 Å². The predicted octanol–water partition coefficient (Wildman–Crippen LogP) is 4.14. The molecule has 1 aliphatic heterocycles. The first-order chi connectivity index (χ1) is 9.65. The second kappa shape index (κ2) is 7.41. The van der Waals surface area contributed by atoms with Crippen molar-refractivity contribution < 1.29 is 0 Å². The number of aromatic nitrogens is 1. The van der Waals surface area contributed by atoms with Crippen molar-refractivity contribution in [2.75, 3.05) is 24.5 Å². The summed E-state index contributed by atoms with van der Waals surface area (Å²) >= 11 is 1.88. The Balaban J connectivity index is 1.98. The third kappa shape index (κ3) is 3.73. The Kier molecular flexibility index (Phi) is 5.85. The van der Waals surface area contributed by atoms with Crippen LogP contribution in [0.25, 0.3) is 0 Å². The summed E-state index contributed by atoms with van der Waals surface area (Å²) in [6, 6.07) is 0.420. The highest BCUT2D eigenvalue weighted by molar-refractivity contribution is 7.15. The van der Waals surface area contributed by atoms with Crippen LogP contribution in [0.4, 0.5) is 5.13 Å². The lowest BCUT2D eigenvalue weighted by Gasteiger charge is -2.31. The Morgan fingerprint density at radius 1 is 1.35 bits per heavy atom. The fourth-order valence-electron chi connectivity index (χ4n) is 3.15. The molecule has 20 heavy (non-hydrogen) atoms. The number of anilines is 1. The van der Waals surface area contributed by atoms with Gasteiger partial charge in [0.2, 0.25) is 0 Å². The maximum atomic E-state index is 4.81. The van der Waals surface area contributed by atoms with Gasteiger partial charge in [-0.15, -0.1) is 11.3 Å². The third-order valence-corrected chi connectivity index (χ3v) is 5.71. The number of nitrogens with zero attached hydrogens (tertiary/aromatic N) is 2. The molecule has 1 aromatic rings. The summed E-state index contributed by atoms with van der Waals surface area (Å²) < 4.78 is 0. The average Bonchev–Trinajstić information content (AvgIpc) is 2.82. The van der Waals surface area contributed by atoms with Gasteiger partial charge in [-0.1, -0.05) is 26.7 Å². The first-order valence-electron chi connectivity index (χ1n) is 8.11. The van der Waals surface area contributed by atoms with Gasteiger partial charge in [-0.25, -0.2) is 4.98 Å². The van der Waals surface area contributed by atoms with Crippen LogP contribution in [-0.4, -0.2) is 24.6 Å². The molecule has 0 aliphatic carbocycles. The molecule has 114 valence electrons. The molecule has 1 atom stereocenters. The Morgan fingerprint density at radius 2 is 2.05 bits per heavy atom. The van der Waals surface area contributed by atoms with E-state index in [1.165, 1.54) is 54.5 Å². The van der Waals surface area contributed by atoms with Crippen LogP contribution in [0, 0.1) is 12.8 Å². The van der Waals surface area contributed by atoms with Gasteiger partial charge in [-0.3, -0.25) is 0 Å². The molecule has 2 heterocycles. The van der Waals surface area contributed by atoms with E-state index in [9.17, 15) is 0 Å². The molecule has 0 amide bonds. The number of aryl methyl sites for hydroxylation is 1. The maximum absolute atomic E-state index is 4.81. The summed E-state index contributed by atoms with van der Waals surface area (Å²) in [6.07, 6.45) is 5.40. The van der Waals surface area contributed by atoms with E-state index in [0.29, 0.717) is 6.04 Å². The topological polar surface area (TPSA) is 28.2 Å².